The summed E-state index contributed by atoms with van der Waals surface area (Å²) in [5.74, 6) is -0.892. The molecule has 1 aliphatic rings. The summed E-state index contributed by atoms with van der Waals surface area (Å²) in [6.45, 7) is 2.57. The number of para-hydroxylation sites is 1. The largest absolute Gasteiger partial charge is 0.497 e. The van der Waals surface area contributed by atoms with Crippen LogP contribution in [0, 0.1) is 0 Å². The standard InChI is InChI=1S/C20H19NO5S/c1-12(22)21-16-6-4-5-7-17(16)27-19(18(20(21)24)26-13(2)23)14-8-10-15(25-3)11-9-14/h4-11,18-19H,1-3H3. The number of hydrogen-bond donors (Lipinski definition) is 0. The summed E-state index contributed by atoms with van der Waals surface area (Å²) in [6, 6.07) is 14.4. The third kappa shape index (κ3) is 3.83. The van der Waals surface area contributed by atoms with Crippen LogP contribution < -0.4 is 9.64 Å². The van der Waals surface area contributed by atoms with Gasteiger partial charge >= 0.3 is 5.97 Å². The SMILES string of the molecule is COc1ccc(C2Sc3ccccc3N(C(C)=O)C(=O)C2OC(C)=O)cc1. The van der Waals surface area contributed by atoms with Crippen molar-refractivity contribution < 1.29 is 23.9 Å². The number of imide groups is 1. The normalized spacial score (nSPS) is 19.1. The number of esters is 1. The Hall–Kier alpha value is -2.80. The molecule has 0 bridgehead atoms. The summed E-state index contributed by atoms with van der Waals surface area (Å²) < 4.78 is 10.6. The van der Waals surface area contributed by atoms with Gasteiger partial charge in [-0.05, 0) is 29.8 Å². The van der Waals surface area contributed by atoms with Gasteiger partial charge in [-0.15, -0.1) is 11.8 Å². The Morgan fingerprint density at radius 3 is 2.30 bits per heavy atom. The van der Waals surface area contributed by atoms with Crippen molar-refractivity contribution in [1.29, 1.82) is 0 Å². The third-order valence-corrected chi connectivity index (χ3v) is 5.52. The summed E-state index contributed by atoms with van der Waals surface area (Å²) in [5.41, 5.74) is 1.29. The number of nitrogens with zero attached hydrogens (tertiary/aromatic N) is 1. The molecule has 1 aliphatic heterocycles. The number of amides is 2. The van der Waals surface area contributed by atoms with Gasteiger partial charge in [-0.2, -0.15) is 0 Å². The van der Waals surface area contributed by atoms with Crippen molar-refractivity contribution in [2.24, 2.45) is 0 Å². The zero-order chi connectivity index (χ0) is 19.6. The highest BCUT2D eigenvalue weighted by atomic mass is 32.2. The highest BCUT2D eigenvalue weighted by Crippen LogP contribution is 2.46. The molecule has 0 aliphatic carbocycles. The van der Waals surface area contributed by atoms with E-state index in [1.807, 2.05) is 24.3 Å². The number of methoxy groups -OCH3 is 1. The Balaban J connectivity index is 2.13. The van der Waals surface area contributed by atoms with Crippen molar-refractivity contribution in [2.45, 2.75) is 30.1 Å². The van der Waals surface area contributed by atoms with Gasteiger partial charge < -0.3 is 9.47 Å². The number of ether oxygens (including phenoxy) is 2. The van der Waals surface area contributed by atoms with Gasteiger partial charge in [0.15, 0.2) is 6.10 Å². The van der Waals surface area contributed by atoms with E-state index in [0.717, 1.165) is 15.4 Å². The fraction of sp³-hybridized carbons (Fsp3) is 0.250. The number of anilines is 1. The molecule has 0 spiro atoms. The van der Waals surface area contributed by atoms with Gasteiger partial charge in [0.2, 0.25) is 5.91 Å². The lowest BCUT2D eigenvalue weighted by Crippen LogP contribution is -2.45. The Kier molecular flexibility index (Phi) is 5.51. The van der Waals surface area contributed by atoms with Crippen LogP contribution in [0.25, 0.3) is 0 Å². The molecule has 0 fully saturated rings. The second kappa shape index (κ2) is 7.84. The average molecular weight is 385 g/mol. The molecule has 0 saturated carbocycles. The number of fused-ring (bicyclic) bond motifs is 1. The molecule has 2 atom stereocenters. The molecule has 3 rings (SSSR count). The molecule has 0 aromatic heterocycles. The lowest BCUT2D eigenvalue weighted by molar-refractivity contribution is -0.153. The lowest BCUT2D eigenvalue weighted by atomic mass is 10.1. The molecule has 1 heterocycles. The first-order valence-corrected chi connectivity index (χ1v) is 9.21. The number of carbonyl (C=O) groups excluding carboxylic acids is 3. The number of thioether (sulfide) groups is 1. The van der Waals surface area contributed by atoms with Gasteiger partial charge in [0, 0.05) is 18.7 Å². The van der Waals surface area contributed by atoms with Gasteiger partial charge in [-0.25, -0.2) is 4.90 Å². The summed E-state index contributed by atoms with van der Waals surface area (Å²) in [4.78, 5) is 38.9. The summed E-state index contributed by atoms with van der Waals surface area (Å²) in [7, 11) is 1.57. The molecule has 27 heavy (non-hydrogen) atoms. The second-order valence-corrected chi connectivity index (χ2v) is 7.19. The van der Waals surface area contributed by atoms with E-state index < -0.39 is 29.1 Å². The minimum absolute atomic E-state index is 0.430. The number of hydrogen-bond acceptors (Lipinski definition) is 6. The molecule has 7 heteroatoms. The predicted octanol–water partition coefficient (Wildman–Crippen LogP) is 3.35. The van der Waals surface area contributed by atoms with Crippen molar-refractivity contribution in [1.82, 2.24) is 0 Å². The molecule has 0 N–H and O–H groups in total. The number of rotatable bonds is 3. The fourth-order valence-corrected chi connectivity index (χ4v) is 4.27. The van der Waals surface area contributed by atoms with Crippen LogP contribution in [0.1, 0.15) is 24.7 Å². The van der Waals surface area contributed by atoms with E-state index >= 15 is 0 Å². The first-order chi connectivity index (χ1) is 12.9. The topological polar surface area (TPSA) is 72.9 Å². The minimum Gasteiger partial charge on any atom is -0.497 e. The Morgan fingerprint density at radius 2 is 1.70 bits per heavy atom. The summed E-state index contributed by atoms with van der Waals surface area (Å²) in [5, 5.41) is -0.502. The van der Waals surface area contributed by atoms with E-state index in [1.165, 1.54) is 25.6 Å². The van der Waals surface area contributed by atoms with Crippen molar-refractivity contribution >= 4 is 35.2 Å². The van der Waals surface area contributed by atoms with Crippen LogP contribution in [0.2, 0.25) is 0 Å². The van der Waals surface area contributed by atoms with E-state index in [2.05, 4.69) is 0 Å². The average Bonchev–Trinajstić information content (AvgIpc) is 2.76. The quantitative estimate of drug-likeness (QED) is 0.755. The zero-order valence-corrected chi connectivity index (χ0v) is 16.0. The molecule has 2 aromatic carbocycles. The lowest BCUT2D eigenvalue weighted by Gasteiger charge is -2.25. The Morgan fingerprint density at radius 1 is 1.04 bits per heavy atom. The summed E-state index contributed by atoms with van der Waals surface area (Å²) >= 11 is 1.39. The van der Waals surface area contributed by atoms with Crippen LogP contribution in [0.5, 0.6) is 5.75 Å². The maximum Gasteiger partial charge on any atom is 0.303 e. The molecule has 2 amide bonds. The summed E-state index contributed by atoms with van der Waals surface area (Å²) in [6.07, 6.45) is -1.13. The molecule has 6 nitrogen and oxygen atoms in total. The van der Waals surface area contributed by atoms with E-state index in [-0.39, 0.29) is 0 Å². The van der Waals surface area contributed by atoms with Crippen molar-refractivity contribution in [3.63, 3.8) is 0 Å². The van der Waals surface area contributed by atoms with Crippen molar-refractivity contribution in [2.75, 3.05) is 12.0 Å². The van der Waals surface area contributed by atoms with Crippen molar-refractivity contribution in [3.8, 4) is 5.75 Å². The highest BCUT2D eigenvalue weighted by molar-refractivity contribution is 7.99. The molecule has 0 saturated heterocycles. The first-order valence-electron chi connectivity index (χ1n) is 8.33. The Labute approximate surface area is 161 Å². The monoisotopic (exact) mass is 385 g/mol. The van der Waals surface area contributed by atoms with E-state index in [0.29, 0.717) is 11.4 Å². The maximum absolute atomic E-state index is 13.2. The molecular formula is C20H19NO5S. The smallest absolute Gasteiger partial charge is 0.303 e. The predicted molar refractivity (Wildman–Crippen MR) is 102 cm³/mol. The molecule has 2 unspecified atom stereocenters. The Bertz CT molecular complexity index is 880. The van der Waals surface area contributed by atoms with Crippen LogP contribution in [-0.2, 0) is 19.1 Å². The van der Waals surface area contributed by atoms with Gasteiger partial charge in [-0.3, -0.25) is 14.4 Å². The maximum atomic E-state index is 13.2. The van der Waals surface area contributed by atoms with Crippen molar-refractivity contribution in [3.05, 3.63) is 54.1 Å². The minimum atomic E-state index is -1.13. The van der Waals surface area contributed by atoms with Gasteiger partial charge in [0.1, 0.15) is 5.75 Å². The van der Waals surface area contributed by atoms with Gasteiger partial charge in [-0.1, -0.05) is 24.3 Å². The van der Waals surface area contributed by atoms with Crippen LogP contribution in [0.4, 0.5) is 5.69 Å². The highest BCUT2D eigenvalue weighted by Gasteiger charge is 2.42. The number of carbonyl (C=O) groups is 3. The van der Waals surface area contributed by atoms with Crippen LogP contribution >= 0.6 is 11.8 Å². The van der Waals surface area contributed by atoms with Gasteiger partial charge in [0.05, 0.1) is 18.0 Å². The molecular weight excluding hydrogens is 366 g/mol. The molecule has 0 radical (unpaired) electrons. The number of benzene rings is 2. The van der Waals surface area contributed by atoms with Gasteiger partial charge in [0.25, 0.3) is 5.91 Å². The van der Waals surface area contributed by atoms with Crippen LogP contribution in [0.15, 0.2) is 53.4 Å². The molecule has 140 valence electrons. The zero-order valence-electron chi connectivity index (χ0n) is 15.2. The van der Waals surface area contributed by atoms with E-state index in [9.17, 15) is 14.4 Å². The van der Waals surface area contributed by atoms with E-state index in [1.54, 1.807) is 31.4 Å². The second-order valence-electron chi connectivity index (χ2n) is 6.00. The van der Waals surface area contributed by atoms with Crippen LogP contribution in [-0.4, -0.2) is 31.0 Å². The van der Waals surface area contributed by atoms with E-state index in [4.69, 9.17) is 9.47 Å². The fourth-order valence-electron chi connectivity index (χ4n) is 2.97. The molecule has 2 aromatic rings. The van der Waals surface area contributed by atoms with Crippen LogP contribution in [0.3, 0.4) is 0 Å². The third-order valence-electron chi connectivity index (χ3n) is 4.15. The first kappa shape index (κ1) is 19.0.